The number of rotatable bonds is 2. The Hall–Kier alpha value is -1.02. The van der Waals surface area contributed by atoms with E-state index >= 15 is 0 Å². The van der Waals surface area contributed by atoms with Gasteiger partial charge in [-0.05, 0) is 29.9 Å². The molecule has 0 aromatic heterocycles. The number of para-hydroxylation sites is 1. The average molecular weight is 230 g/mol. The zero-order valence-corrected chi connectivity index (χ0v) is 10.8. The second-order valence-electron chi connectivity index (χ2n) is 6.08. The Morgan fingerprint density at radius 1 is 1.18 bits per heavy atom. The van der Waals surface area contributed by atoms with Crippen LogP contribution in [-0.4, -0.2) is 19.1 Å². The molecular weight excluding hydrogens is 208 g/mol. The van der Waals surface area contributed by atoms with E-state index in [4.69, 9.17) is 5.73 Å². The van der Waals surface area contributed by atoms with E-state index in [1.54, 1.807) is 0 Å². The molecule has 1 saturated carbocycles. The summed E-state index contributed by atoms with van der Waals surface area (Å²) in [6.07, 6.45) is 2.66. The van der Waals surface area contributed by atoms with Gasteiger partial charge >= 0.3 is 0 Å². The highest BCUT2D eigenvalue weighted by Crippen LogP contribution is 2.59. The van der Waals surface area contributed by atoms with Gasteiger partial charge in [0, 0.05) is 30.7 Å². The molecule has 92 valence electrons. The van der Waals surface area contributed by atoms with E-state index < -0.39 is 0 Å². The third-order valence-electron chi connectivity index (χ3n) is 4.63. The Kier molecular flexibility index (Phi) is 2.44. The van der Waals surface area contributed by atoms with Crippen LogP contribution in [0, 0.1) is 5.41 Å². The van der Waals surface area contributed by atoms with Gasteiger partial charge < -0.3 is 10.6 Å². The standard InChI is InChI=1S/C15H22N2/c1-15(2)13(14(15)16)11-7-3-4-8-12(11)17-9-5-6-10-17/h3-4,7-8,13-14H,5-6,9-10,16H2,1-2H3/t13-,14-/m0/s1. The van der Waals surface area contributed by atoms with Crippen LogP contribution >= 0.6 is 0 Å². The Balaban J connectivity index is 1.94. The van der Waals surface area contributed by atoms with Gasteiger partial charge in [-0.25, -0.2) is 0 Å². The third kappa shape index (κ3) is 1.66. The number of anilines is 1. The largest absolute Gasteiger partial charge is 0.371 e. The van der Waals surface area contributed by atoms with Crippen LogP contribution in [0.15, 0.2) is 24.3 Å². The molecule has 2 nitrogen and oxygen atoms in total. The summed E-state index contributed by atoms with van der Waals surface area (Å²) in [6.45, 7) is 6.98. The van der Waals surface area contributed by atoms with Crippen LogP contribution in [0.3, 0.4) is 0 Å². The fraction of sp³-hybridized carbons (Fsp3) is 0.600. The zero-order chi connectivity index (χ0) is 12.0. The van der Waals surface area contributed by atoms with Gasteiger partial charge in [0.1, 0.15) is 0 Å². The van der Waals surface area contributed by atoms with Gasteiger partial charge in [-0.15, -0.1) is 0 Å². The lowest BCUT2D eigenvalue weighted by molar-refractivity contribution is 0.599. The molecule has 3 rings (SSSR count). The van der Waals surface area contributed by atoms with Crippen LogP contribution in [0.5, 0.6) is 0 Å². The zero-order valence-electron chi connectivity index (χ0n) is 10.8. The summed E-state index contributed by atoms with van der Waals surface area (Å²) in [7, 11) is 0. The molecule has 0 radical (unpaired) electrons. The minimum atomic E-state index is 0.274. The van der Waals surface area contributed by atoms with Crippen LogP contribution in [0.2, 0.25) is 0 Å². The van der Waals surface area contributed by atoms with Gasteiger partial charge in [0.2, 0.25) is 0 Å². The van der Waals surface area contributed by atoms with Crippen LogP contribution in [0.25, 0.3) is 0 Å². The topological polar surface area (TPSA) is 29.3 Å². The fourth-order valence-electron chi connectivity index (χ4n) is 3.27. The van der Waals surface area contributed by atoms with Gasteiger partial charge in [0.15, 0.2) is 0 Å². The van der Waals surface area contributed by atoms with Crippen molar-refractivity contribution in [3.8, 4) is 0 Å². The third-order valence-corrected chi connectivity index (χ3v) is 4.63. The summed E-state index contributed by atoms with van der Waals surface area (Å²) in [6, 6.07) is 9.16. The van der Waals surface area contributed by atoms with Crippen molar-refractivity contribution in [3.63, 3.8) is 0 Å². The summed E-state index contributed by atoms with van der Waals surface area (Å²) in [5.41, 5.74) is 9.39. The van der Waals surface area contributed by atoms with Gasteiger partial charge in [-0.3, -0.25) is 0 Å². The maximum atomic E-state index is 6.23. The smallest absolute Gasteiger partial charge is 0.0402 e. The Labute approximate surface area is 104 Å². The van der Waals surface area contributed by atoms with Crippen molar-refractivity contribution in [3.05, 3.63) is 29.8 Å². The molecule has 2 atom stereocenters. The van der Waals surface area contributed by atoms with Crippen LogP contribution in [0.4, 0.5) is 5.69 Å². The molecule has 2 N–H and O–H groups in total. The van der Waals surface area contributed by atoms with Gasteiger partial charge in [0.05, 0.1) is 0 Å². The van der Waals surface area contributed by atoms with E-state index in [0.717, 1.165) is 0 Å². The summed E-state index contributed by atoms with van der Waals surface area (Å²) in [4.78, 5) is 2.52. The molecular formula is C15H22N2. The molecule has 0 unspecified atom stereocenters. The maximum Gasteiger partial charge on any atom is 0.0402 e. The first-order valence-corrected chi connectivity index (χ1v) is 6.72. The lowest BCUT2D eigenvalue weighted by atomic mass is 10.0. The van der Waals surface area contributed by atoms with Gasteiger partial charge in [0.25, 0.3) is 0 Å². The Morgan fingerprint density at radius 2 is 1.76 bits per heavy atom. The molecule has 2 aliphatic rings. The van der Waals surface area contributed by atoms with Crippen molar-refractivity contribution in [1.82, 2.24) is 0 Å². The molecule has 1 aromatic carbocycles. The van der Waals surface area contributed by atoms with E-state index in [0.29, 0.717) is 12.0 Å². The second-order valence-corrected chi connectivity index (χ2v) is 6.08. The predicted molar refractivity (Wildman–Crippen MR) is 72.4 cm³/mol. The highest BCUT2D eigenvalue weighted by Gasteiger charge is 2.56. The molecule has 0 amide bonds. The van der Waals surface area contributed by atoms with E-state index in [9.17, 15) is 0 Å². The van der Waals surface area contributed by atoms with Crippen molar-refractivity contribution in [2.24, 2.45) is 11.1 Å². The van der Waals surface area contributed by atoms with Crippen molar-refractivity contribution in [2.75, 3.05) is 18.0 Å². The monoisotopic (exact) mass is 230 g/mol. The fourth-order valence-corrected chi connectivity index (χ4v) is 3.27. The van der Waals surface area contributed by atoms with Crippen molar-refractivity contribution in [1.29, 1.82) is 0 Å². The SMILES string of the molecule is CC1(C)[C@@H](N)[C@@H]1c1ccccc1N1CCCC1. The number of hydrogen-bond donors (Lipinski definition) is 1. The molecule has 1 aliphatic heterocycles. The van der Waals surface area contributed by atoms with Crippen LogP contribution in [-0.2, 0) is 0 Å². The molecule has 0 bridgehead atoms. The Bertz CT molecular complexity index is 419. The van der Waals surface area contributed by atoms with Gasteiger partial charge in [-0.1, -0.05) is 32.0 Å². The highest BCUT2D eigenvalue weighted by molar-refractivity contribution is 5.59. The molecule has 2 heteroatoms. The van der Waals surface area contributed by atoms with E-state index in [2.05, 4.69) is 43.0 Å². The summed E-state index contributed by atoms with van der Waals surface area (Å²) < 4.78 is 0. The van der Waals surface area contributed by atoms with Crippen molar-refractivity contribution < 1.29 is 0 Å². The van der Waals surface area contributed by atoms with Crippen molar-refractivity contribution in [2.45, 2.75) is 38.6 Å². The second kappa shape index (κ2) is 3.74. The summed E-state index contributed by atoms with van der Waals surface area (Å²) >= 11 is 0. The molecule has 17 heavy (non-hydrogen) atoms. The molecule has 1 aliphatic carbocycles. The molecule has 2 fully saturated rings. The number of hydrogen-bond acceptors (Lipinski definition) is 2. The molecule has 0 spiro atoms. The quantitative estimate of drug-likeness (QED) is 0.846. The normalized spacial score (nSPS) is 30.6. The van der Waals surface area contributed by atoms with E-state index in [1.807, 2.05) is 0 Å². The lowest BCUT2D eigenvalue weighted by Crippen LogP contribution is -2.19. The molecule has 1 saturated heterocycles. The summed E-state index contributed by atoms with van der Waals surface area (Å²) in [5.74, 6) is 0.541. The van der Waals surface area contributed by atoms with E-state index in [-0.39, 0.29) is 5.41 Å². The van der Waals surface area contributed by atoms with Gasteiger partial charge in [-0.2, -0.15) is 0 Å². The Morgan fingerprint density at radius 3 is 2.35 bits per heavy atom. The summed E-state index contributed by atoms with van der Waals surface area (Å²) in [5, 5.41) is 0. The number of benzene rings is 1. The van der Waals surface area contributed by atoms with Crippen LogP contribution < -0.4 is 10.6 Å². The van der Waals surface area contributed by atoms with E-state index in [1.165, 1.54) is 37.2 Å². The lowest BCUT2D eigenvalue weighted by Gasteiger charge is -2.22. The first kappa shape index (κ1) is 11.1. The first-order chi connectivity index (χ1) is 8.12. The molecule has 1 aromatic rings. The highest BCUT2D eigenvalue weighted by atomic mass is 15.1. The first-order valence-electron chi connectivity index (χ1n) is 6.72. The minimum absolute atomic E-state index is 0.274. The maximum absolute atomic E-state index is 6.23. The van der Waals surface area contributed by atoms with Crippen LogP contribution in [0.1, 0.15) is 38.2 Å². The predicted octanol–water partition coefficient (Wildman–Crippen LogP) is 2.74. The molecule has 1 heterocycles. The van der Waals surface area contributed by atoms with Crippen molar-refractivity contribution >= 4 is 5.69 Å². The average Bonchev–Trinajstić information content (AvgIpc) is 2.76. The number of nitrogens with zero attached hydrogens (tertiary/aromatic N) is 1. The number of nitrogens with two attached hydrogens (primary N) is 1. The minimum Gasteiger partial charge on any atom is -0.371 e.